The first-order chi connectivity index (χ1) is 7.72. The highest BCUT2D eigenvalue weighted by molar-refractivity contribution is 7.85. The molecule has 1 atom stereocenters. The predicted molar refractivity (Wildman–Crippen MR) is 65.2 cm³/mol. The van der Waals surface area contributed by atoms with Gasteiger partial charge < -0.3 is 4.74 Å². The predicted octanol–water partition coefficient (Wildman–Crippen LogP) is 1.88. The number of ether oxygens (including phenoxy) is 1. The van der Waals surface area contributed by atoms with Crippen LogP contribution in [0, 0.1) is 11.8 Å². The van der Waals surface area contributed by atoms with Crippen LogP contribution in [-0.2, 0) is 19.6 Å². The molecule has 0 saturated carbocycles. The van der Waals surface area contributed by atoms with Gasteiger partial charge in [0.15, 0.2) is 0 Å². The van der Waals surface area contributed by atoms with E-state index in [0.717, 1.165) is 12.8 Å². The van der Waals surface area contributed by atoms with E-state index in [2.05, 4.69) is 25.5 Å². The first kappa shape index (κ1) is 16.4. The Hall–Kier alpha value is -0.620. The van der Waals surface area contributed by atoms with E-state index in [1.54, 1.807) is 0 Å². The highest BCUT2D eigenvalue weighted by atomic mass is 32.2. The topological polar surface area (TPSA) is 80.7 Å². The average molecular weight is 266 g/mol. The van der Waals surface area contributed by atoms with Gasteiger partial charge in [0.05, 0.1) is 0 Å². The third-order valence-corrected chi connectivity index (χ3v) is 3.47. The Bertz CT molecular complexity index is 321. The Morgan fingerprint density at radius 2 is 1.88 bits per heavy atom. The highest BCUT2D eigenvalue weighted by Crippen LogP contribution is 2.16. The molecule has 0 aliphatic rings. The zero-order chi connectivity index (χ0) is 13.5. The molecule has 0 bridgehead atoms. The summed E-state index contributed by atoms with van der Waals surface area (Å²) in [6.45, 7) is 6.12. The summed E-state index contributed by atoms with van der Waals surface area (Å²) in [5.74, 6) is 0.192. The molecule has 0 aliphatic carbocycles. The second-order valence-electron chi connectivity index (χ2n) is 4.62. The van der Waals surface area contributed by atoms with Crippen molar-refractivity contribution in [2.45, 2.75) is 40.0 Å². The quantitative estimate of drug-likeness (QED) is 0.536. The normalized spacial score (nSPS) is 13.7. The molecule has 0 fully saturated rings. The first-order valence-electron chi connectivity index (χ1n) is 5.83. The van der Waals surface area contributed by atoms with E-state index in [1.807, 2.05) is 0 Å². The van der Waals surface area contributed by atoms with Crippen molar-refractivity contribution in [3.05, 3.63) is 0 Å². The minimum absolute atomic E-state index is 0.280. The molecule has 102 valence electrons. The van der Waals surface area contributed by atoms with Crippen LogP contribution in [0.25, 0.3) is 0 Å². The minimum atomic E-state index is -4.04. The smallest absolute Gasteiger partial charge is 0.305 e. The summed E-state index contributed by atoms with van der Waals surface area (Å²) in [7, 11) is -4.04. The van der Waals surface area contributed by atoms with Crippen LogP contribution in [0.3, 0.4) is 0 Å². The molecule has 0 aliphatic heterocycles. The summed E-state index contributed by atoms with van der Waals surface area (Å²) in [6, 6.07) is 0. The minimum Gasteiger partial charge on any atom is -0.464 e. The van der Waals surface area contributed by atoms with Crippen molar-refractivity contribution in [3.63, 3.8) is 0 Å². The molecular weight excluding hydrogens is 244 g/mol. The van der Waals surface area contributed by atoms with Crippen molar-refractivity contribution in [3.8, 4) is 0 Å². The maximum Gasteiger partial charge on any atom is 0.305 e. The summed E-state index contributed by atoms with van der Waals surface area (Å²) in [6.07, 6.45) is 1.98. The van der Waals surface area contributed by atoms with Gasteiger partial charge in [-0.3, -0.25) is 9.35 Å². The van der Waals surface area contributed by atoms with Crippen molar-refractivity contribution in [1.82, 2.24) is 0 Å². The number of rotatable bonds is 8. The lowest BCUT2D eigenvalue weighted by Gasteiger charge is -2.14. The van der Waals surface area contributed by atoms with Gasteiger partial charge in [-0.15, -0.1) is 0 Å². The van der Waals surface area contributed by atoms with Gasteiger partial charge in [0.25, 0.3) is 10.1 Å². The van der Waals surface area contributed by atoms with Crippen LogP contribution in [0.5, 0.6) is 0 Å². The standard InChI is InChI=1S/C11H22O5S/c1-9(2)10(3)5-4-6-11(12)16-7-8-17(13,14)15/h9-10H,4-8H2,1-3H3,(H,13,14,15). The van der Waals surface area contributed by atoms with Crippen LogP contribution in [0.4, 0.5) is 0 Å². The fraction of sp³-hybridized carbons (Fsp3) is 0.909. The molecule has 5 nitrogen and oxygen atoms in total. The number of carbonyl (C=O) groups is 1. The van der Waals surface area contributed by atoms with Crippen molar-refractivity contribution < 1.29 is 22.5 Å². The van der Waals surface area contributed by atoms with E-state index in [9.17, 15) is 13.2 Å². The second kappa shape index (κ2) is 7.66. The third-order valence-electron chi connectivity index (χ3n) is 2.78. The number of hydrogen-bond donors (Lipinski definition) is 1. The van der Waals surface area contributed by atoms with Crippen LogP contribution in [0.1, 0.15) is 40.0 Å². The Morgan fingerprint density at radius 3 is 2.35 bits per heavy atom. The van der Waals surface area contributed by atoms with Gasteiger partial charge in [-0.05, 0) is 24.7 Å². The van der Waals surface area contributed by atoms with Gasteiger partial charge in [0, 0.05) is 6.42 Å². The largest absolute Gasteiger partial charge is 0.464 e. The van der Waals surface area contributed by atoms with Crippen LogP contribution in [0.15, 0.2) is 0 Å². The molecule has 1 unspecified atom stereocenters. The van der Waals surface area contributed by atoms with Gasteiger partial charge in [-0.1, -0.05) is 20.8 Å². The van der Waals surface area contributed by atoms with E-state index >= 15 is 0 Å². The molecule has 0 heterocycles. The van der Waals surface area contributed by atoms with Crippen LogP contribution in [-0.4, -0.2) is 31.3 Å². The summed E-state index contributed by atoms with van der Waals surface area (Å²) < 4.78 is 33.8. The molecule has 6 heteroatoms. The maximum absolute atomic E-state index is 11.2. The number of esters is 1. The van der Waals surface area contributed by atoms with E-state index in [1.165, 1.54) is 0 Å². The Morgan fingerprint density at radius 1 is 1.29 bits per heavy atom. The molecule has 0 aromatic heterocycles. The van der Waals surface area contributed by atoms with Crippen molar-refractivity contribution in [2.24, 2.45) is 11.8 Å². The lowest BCUT2D eigenvalue weighted by atomic mass is 9.93. The third kappa shape index (κ3) is 10.3. The average Bonchev–Trinajstić information content (AvgIpc) is 2.15. The van der Waals surface area contributed by atoms with Crippen molar-refractivity contribution in [1.29, 1.82) is 0 Å². The van der Waals surface area contributed by atoms with E-state index in [0.29, 0.717) is 18.3 Å². The van der Waals surface area contributed by atoms with E-state index in [-0.39, 0.29) is 6.61 Å². The molecule has 0 amide bonds. The van der Waals surface area contributed by atoms with E-state index in [4.69, 9.17) is 4.55 Å². The number of carbonyl (C=O) groups excluding carboxylic acids is 1. The SMILES string of the molecule is CC(C)C(C)CCCC(=O)OCCS(=O)(=O)O. The Balaban J connectivity index is 3.61. The fourth-order valence-corrected chi connectivity index (χ4v) is 1.53. The molecule has 0 aromatic carbocycles. The summed E-state index contributed by atoms with van der Waals surface area (Å²) in [5.41, 5.74) is 0. The molecule has 1 N–H and O–H groups in total. The summed E-state index contributed by atoms with van der Waals surface area (Å²) >= 11 is 0. The van der Waals surface area contributed by atoms with Crippen LogP contribution < -0.4 is 0 Å². The van der Waals surface area contributed by atoms with Crippen molar-refractivity contribution in [2.75, 3.05) is 12.4 Å². The van der Waals surface area contributed by atoms with Gasteiger partial charge in [0.1, 0.15) is 12.4 Å². The molecular formula is C11H22O5S. The van der Waals surface area contributed by atoms with Gasteiger partial charge in [-0.25, -0.2) is 0 Å². The monoisotopic (exact) mass is 266 g/mol. The van der Waals surface area contributed by atoms with Crippen LogP contribution in [0.2, 0.25) is 0 Å². The number of hydrogen-bond acceptors (Lipinski definition) is 4. The second-order valence-corrected chi connectivity index (χ2v) is 6.19. The molecule has 0 aromatic rings. The Labute approximate surface area is 103 Å². The molecule has 0 radical (unpaired) electrons. The zero-order valence-corrected chi connectivity index (χ0v) is 11.5. The fourth-order valence-electron chi connectivity index (χ4n) is 1.23. The summed E-state index contributed by atoms with van der Waals surface area (Å²) in [4.78, 5) is 11.2. The summed E-state index contributed by atoms with van der Waals surface area (Å²) in [5, 5.41) is 0. The van der Waals surface area contributed by atoms with Gasteiger partial charge in [0.2, 0.25) is 0 Å². The molecule has 0 spiro atoms. The van der Waals surface area contributed by atoms with Crippen LogP contribution >= 0.6 is 0 Å². The molecule has 0 saturated heterocycles. The highest BCUT2D eigenvalue weighted by Gasteiger charge is 2.10. The van der Waals surface area contributed by atoms with Gasteiger partial charge in [-0.2, -0.15) is 8.42 Å². The molecule has 17 heavy (non-hydrogen) atoms. The van der Waals surface area contributed by atoms with E-state index < -0.39 is 21.8 Å². The zero-order valence-electron chi connectivity index (χ0n) is 10.7. The Kier molecular flexibility index (Phi) is 7.38. The maximum atomic E-state index is 11.2. The molecule has 0 rings (SSSR count). The van der Waals surface area contributed by atoms with Gasteiger partial charge >= 0.3 is 5.97 Å². The first-order valence-corrected chi connectivity index (χ1v) is 7.44. The lowest BCUT2D eigenvalue weighted by Crippen LogP contribution is -2.14. The lowest BCUT2D eigenvalue weighted by molar-refractivity contribution is -0.143. The van der Waals surface area contributed by atoms with Crippen molar-refractivity contribution >= 4 is 16.1 Å².